The van der Waals surface area contributed by atoms with Crippen LogP contribution in [0.4, 0.5) is 5.69 Å². The van der Waals surface area contributed by atoms with E-state index in [-0.39, 0.29) is 37.4 Å². The standard InChI is InChI=1S/C28H40ClN3O5S/c1-6-21(4)30-28(34)26(7-2)31(20-22-11-13-23(29)14-12-22)27(33)10-9-19-32(38(5,35)36)24-15-17-25(18-16-24)37-8-3/h11-18,21,26H,6-10,19-20H2,1-5H3,(H,30,34)/t21-,26-/m1/s1. The first kappa shape index (κ1) is 31.4. The maximum absolute atomic E-state index is 13.5. The minimum atomic E-state index is -3.57. The van der Waals surface area contributed by atoms with Gasteiger partial charge in [0.1, 0.15) is 11.8 Å². The van der Waals surface area contributed by atoms with Crippen LogP contribution in [0.5, 0.6) is 5.75 Å². The Bertz CT molecular complexity index is 1140. The van der Waals surface area contributed by atoms with Gasteiger partial charge in [-0.25, -0.2) is 8.42 Å². The summed E-state index contributed by atoms with van der Waals surface area (Å²) < 4.78 is 31.8. The van der Waals surface area contributed by atoms with Gasteiger partial charge in [0.05, 0.1) is 18.6 Å². The third kappa shape index (κ3) is 9.51. The second-order valence-corrected chi connectivity index (χ2v) is 11.6. The molecule has 0 radical (unpaired) electrons. The molecule has 0 aromatic heterocycles. The van der Waals surface area contributed by atoms with Gasteiger partial charge in [-0.05, 0) is 75.1 Å². The summed E-state index contributed by atoms with van der Waals surface area (Å²) in [6.07, 6.45) is 2.75. The van der Waals surface area contributed by atoms with E-state index >= 15 is 0 Å². The Kier molecular flexibility index (Phi) is 12.4. The van der Waals surface area contributed by atoms with Crippen LogP contribution in [-0.2, 0) is 26.2 Å². The van der Waals surface area contributed by atoms with Gasteiger partial charge in [-0.3, -0.25) is 13.9 Å². The molecule has 2 atom stereocenters. The normalized spacial score (nSPS) is 12.9. The van der Waals surface area contributed by atoms with Crippen molar-refractivity contribution in [2.24, 2.45) is 0 Å². The van der Waals surface area contributed by atoms with E-state index in [0.717, 1.165) is 18.2 Å². The summed E-state index contributed by atoms with van der Waals surface area (Å²) in [5.41, 5.74) is 1.35. The molecule has 0 bridgehead atoms. The fourth-order valence-corrected chi connectivity index (χ4v) is 5.12. The molecule has 0 saturated carbocycles. The van der Waals surface area contributed by atoms with Crippen molar-refractivity contribution in [2.45, 2.75) is 72.0 Å². The highest BCUT2D eigenvalue weighted by molar-refractivity contribution is 7.92. The molecule has 0 aliphatic carbocycles. The Labute approximate surface area is 232 Å². The van der Waals surface area contributed by atoms with Gasteiger partial charge >= 0.3 is 0 Å². The molecule has 0 heterocycles. The van der Waals surface area contributed by atoms with Crippen molar-refractivity contribution in [2.75, 3.05) is 23.7 Å². The monoisotopic (exact) mass is 565 g/mol. The second-order valence-electron chi connectivity index (χ2n) is 9.26. The quantitative estimate of drug-likeness (QED) is 0.327. The summed E-state index contributed by atoms with van der Waals surface area (Å²) in [5.74, 6) is 0.238. The highest BCUT2D eigenvalue weighted by Gasteiger charge is 2.29. The summed E-state index contributed by atoms with van der Waals surface area (Å²) >= 11 is 6.03. The lowest BCUT2D eigenvalue weighted by molar-refractivity contribution is -0.141. The van der Waals surface area contributed by atoms with Crippen molar-refractivity contribution in [3.63, 3.8) is 0 Å². The maximum Gasteiger partial charge on any atom is 0.243 e. The summed E-state index contributed by atoms with van der Waals surface area (Å²) in [6.45, 7) is 8.55. The highest BCUT2D eigenvalue weighted by atomic mass is 35.5. The number of hydrogen-bond acceptors (Lipinski definition) is 5. The molecule has 0 aliphatic rings. The summed E-state index contributed by atoms with van der Waals surface area (Å²) in [6, 6.07) is 13.3. The van der Waals surface area contributed by atoms with Crippen LogP contribution in [0.15, 0.2) is 48.5 Å². The predicted octanol–water partition coefficient (Wildman–Crippen LogP) is 5.01. The number of amides is 2. The van der Waals surface area contributed by atoms with E-state index in [0.29, 0.717) is 35.9 Å². The van der Waals surface area contributed by atoms with Crippen LogP contribution in [0.1, 0.15) is 58.9 Å². The van der Waals surface area contributed by atoms with E-state index in [1.54, 1.807) is 41.3 Å². The Balaban J connectivity index is 2.20. The molecular formula is C28H40ClN3O5S. The van der Waals surface area contributed by atoms with E-state index in [4.69, 9.17) is 16.3 Å². The zero-order valence-corrected chi connectivity index (χ0v) is 24.5. The minimum Gasteiger partial charge on any atom is -0.494 e. The summed E-state index contributed by atoms with van der Waals surface area (Å²) in [7, 11) is -3.57. The van der Waals surface area contributed by atoms with Crippen LogP contribution in [0.2, 0.25) is 5.02 Å². The van der Waals surface area contributed by atoms with Crippen molar-refractivity contribution < 1.29 is 22.7 Å². The van der Waals surface area contributed by atoms with Gasteiger partial charge in [0.2, 0.25) is 21.8 Å². The van der Waals surface area contributed by atoms with Crippen molar-refractivity contribution in [1.29, 1.82) is 0 Å². The third-order valence-electron chi connectivity index (χ3n) is 6.24. The number of carbonyl (C=O) groups is 2. The first-order chi connectivity index (χ1) is 18.0. The number of rotatable bonds is 15. The van der Waals surface area contributed by atoms with Crippen LogP contribution in [0.25, 0.3) is 0 Å². The molecule has 2 amide bonds. The molecule has 0 spiro atoms. The molecule has 10 heteroatoms. The van der Waals surface area contributed by atoms with E-state index in [2.05, 4.69) is 5.32 Å². The van der Waals surface area contributed by atoms with Gasteiger partial charge in [0, 0.05) is 30.6 Å². The summed E-state index contributed by atoms with van der Waals surface area (Å²) in [4.78, 5) is 28.2. The lowest BCUT2D eigenvalue weighted by Crippen LogP contribution is -2.50. The number of anilines is 1. The Morgan fingerprint density at radius 3 is 2.16 bits per heavy atom. The maximum atomic E-state index is 13.5. The third-order valence-corrected chi connectivity index (χ3v) is 7.69. The van der Waals surface area contributed by atoms with Gasteiger partial charge in [-0.2, -0.15) is 0 Å². The molecule has 1 N–H and O–H groups in total. The fourth-order valence-electron chi connectivity index (χ4n) is 4.03. The van der Waals surface area contributed by atoms with Crippen LogP contribution in [0, 0.1) is 0 Å². The topological polar surface area (TPSA) is 96.0 Å². The second kappa shape index (κ2) is 15.0. The Morgan fingerprint density at radius 2 is 1.63 bits per heavy atom. The molecule has 8 nitrogen and oxygen atoms in total. The van der Waals surface area contributed by atoms with Gasteiger partial charge in [0.25, 0.3) is 0 Å². The lowest BCUT2D eigenvalue weighted by Gasteiger charge is -2.32. The smallest absolute Gasteiger partial charge is 0.243 e. The molecule has 210 valence electrons. The van der Waals surface area contributed by atoms with Gasteiger partial charge in [0.15, 0.2) is 0 Å². The molecule has 2 aromatic carbocycles. The van der Waals surface area contributed by atoms with Gasteiger partial charge in [-0.1, -0.05) is 37.6 Å². The average Bonchev–Trinajstić information content (AvgIpc) is 2.87. The Morgan fingerprint density at radius 1 is 1.00 bits per heavy atom. The van der Waals surface area contributed by atoms with Crippen LogP contribution in [-0.4, -0.2) is 56.6 Å². The van der Waals surface area contributed by atoms with Crippen LogP contribution >= 0.6 is 11.6 Å². The number of ether oxygens (including phenoxy) is 1. The van der Waals surface area contributed by atoms with Crippen molar-refractivity contribution >= 4 is 39.1 Å². The molecule has 0 aliphatic heterocycles. The number of carbonyl (C=O) groups excluding carboxylic acids is 2. The van der Waals surface area contributed by atoms with E-state index < -0.39 is 16.1 Å². The zero-order chi connectivity index (χ0) is 28.3. The SMILES string of the molecule is CCOc1ccc(N(CCCC(=O)N(Cc2ccc(Cl)cc2)[C@H](CC)C(=O)N[C@H](C)CC)S(C)(=O)=O)cc1. The van der Waals surface area contributed by atoms with E-state index in [1.807, 2.05) is 39.8 Å². The number of sulfonamides is 1. The molecule has 38 heavy (non-hydrogen) atoms. The number of nitrogens with zero attached hydrogens (tertiary/aromatic N) is 2. The number of hydrogen-bond donors (Lipinski definition) is 1. The number of halogens is 1. The molecule has 2 aromatic rings. The largest absolute Gasteiger partial charge is 0.494 e. The number of benzene rings is 2. The molecule has 2 rings (SSSR count). The van der Waals surface area contributed by atoms with Crippen molar-refractivity contribution in [3.05, 3.63) is 59.1 Å². The lowest BCUT2D eigenvalue weighted by atomic mass is 10.1. The molecular weight excluding hydrogens is 526 g/mol. The summed E-state index contributed by atoms with van der Waals surface area (Å²) in [5, 5.41) is 3.57. The van der Waals surface area contributed by atoms with E-state index in [1.165, 1.54) is 4.31 Å². The zero-order valence-electron chi connectivity index (χ0n) is 22.9. The molecule has 0 saturated heterocycles. The first-order valence-corrected chi connectivity index (χ1v) is 15.3. The average molecular weight is 566 g/mol. The molecule has 0 unspecified atom stereocenters. The molecule has 0 fully saturated rings. The van der Waals surface area contributed by atoms with Crippen LogP contribution in [0.3, 0.4) is 0 Å². The highest BCUT2D eigenvalue weighted by Crippen LogP contribution is 2.23. The first-order valence-electron chi connectivity index (χ1n) is 13.0. The van der Waals surface area contributed by atoms with Gasteiger partial charge in [-0.15, -0.1) is 0 Å². The van der Waals surface area contributed by atoms with Crippen molar-refractivity contribution in [1.82, 2.24) is 10.2 Å². The Hall–Kier alpha value is -2.78. The van der Waals surface area contributed by atoms with Gasteiger partial charge < -0.3 is 15.0 Å². The minimum absolute atomic E-state index is 0.0125. The van der Waals surface area contributed by atoms with Crippen LogP contribution < -0.4 is 14.4 Å². The number of nitrogens with one attached hydrogen (secondary N) is 1. The predicted molar refractivity (Wildman–Crippen MR) is 153 cm³/mol. The van der Waals surface area contributed by atoms with E-state index in [9.17, 15) is 18.0 Å². The van der Waals surface area contributed by atoms with Crippen molar-refractivity contribution in [3.8, 4) is 5.75 Å². The fraction of sp³-hybridized carbons (Fsp3) is 0.500.